The third-order valence-corrected chi connectivity index (χ3v) is 5.19. The summed E-state index contributed by atoms with van der Waals surface area (Å²) in [5.74, 6) is 0.874. The lowest BCUT2D eigenvalue weighted by molar-refractivity contribution is -0.116. The molecule has 1 heterocycles. The zero-order chi connectivity index (χ0) is 19.8. The van der Waals surface area contributed by atoms with Gasteiger partial charge in [-0.2, -0.15) is 0 Å². The molecule has 0 saturated carbocycles. The van der Waals surface area contributed by atoms with Gasteiger partial charge in [-0.05, 0) is 62.1 Å². The smallest absolute Gasteiger partial charge is 0.224 e. The Hall–Kier alpha value is -2.53. The first-order valence-corrected chi connectivity index (χ1v) is 10.1. The summed E-state index contributed by atoms with van der Waals surface area (Å²) in [5.41, 5.74) is 3.09. The van der Waals surface area contributed by atoms with Crippen LogP contribution >= 0.6 is 0 Å². The number of rotatable bonds is 8. The molecule has 0 spiro atoms. The van der Waals surface area contributed by atoms with Crippen molar-refractivity contribution in [1.29, 1.82) is 0 Å². The minimum absolute atomic E-state index is 0.0139. The molecular formula is C23H30N2O3. The molecule has 1 aliphatic heterocycles. The molecule has 2 aromatic carbocycles. The van der Waals surface area contributed by atoms with Crippen LogP contribution in [0, 0.1) is 0 Å². The number of benzene rings is 2. The third kappa shape index (κ3) is 5.49. The Balaban J connectivity index is 1.49. The summed E-state index contributed by atoms with van der Waals surface area (Å²) in [6.45, 7) is 4.60. The van der Waals surface area contributed by atoms with E-state index in [0.29, 0.717) is 25.6 Å². The van der Waals surface area contributed by atoms with Gasteiger partial charge >= 0.3 is 0 Å². The van der Waals surface area contributed by atoms with Gasteiger partial charge in [0.05, 0.1) is 12.7 Å². The van der Waals surface area contributed by atoms with Gasteiger partial charge in [0.25, 0.3) is 0 Å². The van der Waals surface area contributed by atoms with Gasteiger partial charge in [-0.15, -0.1) is 0 Å². The van der Waals surface area contributed by atoms with Crippen LogP contribution in [0.4, 0.5) is 11.4 Å². The molecule has 0 unspecified atom stereocenters. The molecule has 0 bridgehead atoms. The summed E-state index contributed by atoms with van der Waals surface area (Å²) in [7, 11) is 1.78. The Morgan fingerprint density at radius 2 is 1.82 bits per heavy atom. The van der Waals surface area contributed by atoms with E-state index in [1.165, 1.54) is 5.69 Å². The highest BCUT2D eigenvalue weighted by atomic mass is 16.5. The van der Waals surface area contributed by atoms with Crippen LogP contribution in [0.25, 0.3) is 0 Å². The number of hydrogen-bond donors (Lipinski definition) is 1. The Morgan fingerprint density at radius 1 is 1.11 bits per heavy atom. The van der Waals surface area contributed by atoms with Crippen LogP contribution in [0.1, 0.15) is 31.7 Å². The molecule has 28 heavy (non-hydrogen) atoms. The highest BCUT2D eigenvalue weighted by Gasteiger charge is 2.18. The quantitative estimate of drug-likeness (QED) is 0.741. The van der Waals surface area contributed by atoms with E-state index < -0.39 is 0 Å². The zero-order valence-corrected chi connectivity index (χ0v) is 16.8. The summed E-state index contributed by atoms with van der Waals surface area (Å²) in [6.07, 6.45) is 3.57. The van der Waals surface area contributed by atoms with Gasteiger partial charge in [-0.25, -0.2) is 0 Å². The molecule has 1 saturated heterocycles. The second kappa shape index (κ2) is 10.1. The zero-order valence-electron chi connectivity index (χ0n) is 16.8. The van der Waals surface area contributed by atoms with E-state index in [0.717, 1.165) is 42.9 Å². The number of methoxy groups -OCH3 is 1. The minimum atomic E-state index is 0.0139. The Bertz CT molecular complexity index is 753. The van der Waals surface area contributed by atoms with Crippen LogP contribution in [0.5, 0.6) is 5.75 Å². The highest BCUT2D eigenvalue weighted by Crippen LogP contribution is 2.23. The van der Waals surface area contributed by atoms with Gasteiger partial charge in [0.2, 0.25) is 5.91 Å². The number of nitrogens with one attached hydrogen (secondary N) is 1. The van der Waals surface area contributed by atoms with Crippen molar-refractivity contribution in [3.05, 3.63) is 54.1 Å². The molecule has 0 aromatic heterocycles. The summed E-state index contributed by atoms with van der Waals surface area (Å²) >= 11 is 0. The van der Waals surface area contributed by atoms with Crippen LogP contribution in [0.2, 0.25) is 0 Å². The fraction of sp³-hybridized carbons (Fsp3) is 0.435. The van der Waals surface area contributed by atoms with Crippen molar-refractivity contribution in [3.63, 3.8) is 0 Å². The van der Waals surface area contributed by atoms with E-state index in [2.05, 4.69) is 22.3 Å². The van der Waals surface area contributed by atoms with Crippen LogP contribution in [-0.4, -0.2) is 38.8 Å². The number of piperidine rings is 1. The van der Waals surface area contributed by atoms with Crippen LogP contribution < -0.4 is 15.0 Å². The fourth-order valence-corrected chi connectivity index (χ4v) is 3.58. The lowest BCUT2D eigenvalue weighted by atomic mass is 10.1. The number of anilines is 2. The van der Waals surface area contributed by atoms with Crippen LogP contribution in [-0.2, 0) is 16.0 Å². The maximum Gasteiger partial charge on any atom is 0.224 e. The van der Waals surface area contributed by atoms with E-state index in [1.54, 1.807) is 7.11 Å². The molecular weight excluding hydrogens is 352 g/mol. The molecule has 1 N–H and O–H groups in total. The molecule has 1 amide bonds. The lowest BCUT2D eigenvalue weighted by Crippen LogP contribution is -2.36. The molecule has 0 aliphatic carbocycles. The normalized spacial score (nSPS) is 14.7. The fourth-order valence-electron chi connectivity index (χ4n) is 3.58. The maximum atomic E-state index is 12.3. The van der Waals surface area contributed by atoms with E-state index in [1.807, 2.05) is 43.3 Å². The third-order valence-electron chi connectivity index (χ3n) is 5.19. The number of carbonyl (C=O) groups is 1. The SMILES string of the molecule is CCOc1ccccc1CCC(=O)Nc1ccc(N2CCC(OC)CC2)cc1. The van der Waals surface area contributed by atoms with E-state index in [4.69, 9.17) is 9.47 Å². The Labute approximate surface area is 167 Å². The van der Waals surface area contributed by atoms with Crippen molar-refractivity contribution in [2.45, 2.75) is 38.7 Å². The molecule has 3 rings (SSSR count). The van der Waals surface area contributed by atoms with Crippen molar-refractivity contribution < 1.29 is 14.3 Å². The predicted octanol–water partition coefficient (Wildman–Crippen LogP) is 4.27. The summed E-state index contributed by atoms with van der Waals surface area (Å²) < 4.78 is 11.1. The molecule has 5 heteroatoms. The predicted molar refractivity (Wildman–Crippen MR) is 113 cm³/mol. The van der Waals surface area contributed by atoms with Crippen LogP contribution in [0.3, 0.4) is 0 Å². The van der Waals surface area contributed by atoms with Gasteiger partial charge in [0.1, 0.15) is 5.75 Å². The van der Waals surface area contributed by atoms with E-state index >= 15 is 0 Å². The number of para-hydroxylation sites is 1. The second-order valence-corrected chi connectivity index (χ2v) is 7.06. The largest absolute Gasteiger partial charge is 0.494 e. The molecule has 5 nitrogen and oxygen atoms in total. The van der Waals surface area contributed by atoms with Crippen molar-refractivity contribution >= 4 is 17.3 Å². The summed E-state index contributed by atoms with van der Waals surface area (Å²) in [6, 6.07) is 16.0. The maximum absolute atomic E-state index is 12.3. The average Bonchev–Trinajstić information content (AvgIpc) is 2.74. The summed E-state index contributed by atoms with van der Waals surface area (Å²) in [4.78, 5) is 14.7. The highest BCUT2D eigenvalue weighted by molar-refractivity contribution is 5.91. The molecule has 1 fully saturated rings. The van der Waals surface area contributed by atoms with Crippen molar-refractivity contribution in [1.82, 2.24) is 0 Å². The number of amides is 1. The van der Waals surface area contributed by atoms with Gasteiger partial charge < -0.3 is 19.7 Å². The molecule has 0 atom stereocenters. The number of aryl methyl sites for hydroxylation is 1. The van der Waals surface area contributed by atoms with Gasteiger partial charge in [0.15, 0.2) is 0 Å². The van der Waals surface area contributed by atoms with Gasteiger partial charge in [-0.3, -0.25) is 4.79 Å². The summed E-state index contributed by atoms with van der Waals surface area (Å²) in [5, 5.41) is 2.99. The molecule has 2 aromatic rings. The number of carbonyl (C=O) groups excluding carboxylic acids is 1. The monoisotopic (exact) mass is 382 g/mol. The minimum Gasteiger partial charge on any atom is -0.494 e. The molecule has 150 valence electrons. The molecule has 1 aliphatic rings. The van der Waals surface area contributed by atoms with Gasteiger partial charge in [-0.1, -0.05) is 18.2 Å². The van der Waals surface area contributed by atoms with Crippen LogP contribution in [0.15, 0.2) is 48.5 Å². The van der Waals surface area contributed by atoms with Gasteiger partial charge in [0, 0.05) is 38.0 Å². The first-order valence-electron chi connectivity index (χ1n) is 10.1. The second-order valence-electron chi connectivity index (χ2n) is 7.06. The average molecular weight is 383 g/mol. The standard InChI is InChI=1S/C23H30N2O3/c1-3-28-22-7-5-4-6-18(22)8-13-23(26)24-19-9-11-20(12-10-19)25-16-14-21(27-2)15-17-25/h4-7,9-12,21H,3,8,13-17H2,1-2H3,(H,24,26). The van der Waals surface area contributed by atoms with Crippen molar-refractivity contribution in [2.75, 3.05) is 37.0 Å². The topological polar surface area (TPSA) is 50.8 Å². The van der Waals surface area contributed by atoms with Crippen molar-refractivity contribution in [2.24, 2.45) is 0 Å². The number of nitrogens with zero attached hydrogens (tertiary/aromatic N) is 1. The first-order chi connectivity index (χ1) is 13.7. The Morgan fingerprint density at radius 3 is 2.50 bits per heavy atom. The Kier molecular flexibility index (Phi) is 7.31. The van der Waals surface area contributed by atoms with E-state index in [-0.39, 0.29) is 5.91 Å². The number of ether oxygens (including phenoxy) is 2. The number of hydrogen-bond acceptors (Lipinski definition) is 4. The lowest BCUT2D eigenvalue weighted by Gasteiger charge is -2.33. The van der Waals surface area contributed by atoms with Crippen molar-refractivity contribution in [3.8, 4) is 5.75 Å². The first kappa shape index (κ1) is 20.2. The van der Waals surface area contributed by atoms with E-state index in [9.17, 15) is 4.79 Å². The molecule has 0 radical (unpaired) electrons.